The lowest BCUT2D eigenvalue weighted by atomic mass is 10.1. The van der Waals surface area contributed by atoms with Crippen LogP contribution in [0.15, 0.2) is 0 Å². The molecule has 15 heavy (non-hydrogen) atoms. The van der Waals surface area contributed by atoms with Gasteiger partial charge in [0.2, 0.25) is 0 Å². The normalized spacial score (nSPS) is 19.1. The van der Waals surface area contributed by atoms with Gasteiger partial charge in [-0.3, -0.25) is 4.29 Å². The van der Waals surface area contributed by atoms with Crippen LogP contribution in [0.25, 0.3) is 0 Å². The molecule has 0 radical (unpaired) electrons. The minimum absolute atomic E-state index is 0.0605. The van der Waals surface area contributed by atoms with Gasteiger partial charge >= 0.3 is 6.09 Å². The van der Waals surface area contributed by atoms with E-state index in [-0.39, 0.29) is 12.2 Å². The topological polar surface area (TPSA) is 38.8 Å². The maximum atomic E-state index is 11.6. The minimum atomic E-state index is -0.434. The number of amides is 1. The van der Waals surface area contributed by atoms with Gasteiger partial charge in [0.1, 0.15) is 5.60 Å². The lowest BCUT2D eigenvalue weighted by Gasteiger charge is -2.32. The molecule has 0 aliphatic carbocycles. The van der Waals surface area contributed by atoms with Crippen molar-refractivity contribution in [3.8, 4) is 0 Å². The molecule has 0 spiro atoms. The van der Waals surface area contributed by atoms with Crippen LogP contribution in [-0.2, 0) is 9.03 Å². The Balaban J connectivity index is 2.37. The Hall–Kier alpha value is -0.480. The molecule has 0 aromatic rings. The van der Waals surface area contributed by atoms with Crippen molar-refractivity contribution in [1.82, 2.24) is 4.90 Å². The van der Waals surface area contributed by atoms with Gasteiger partial charge in [0.15, 0.2) is 0 Å². The summed E-state index contributed by atoms with van der Waals surface area (Å²) in [5, 5.41) is 0. The van der Waals surface area contributed by atoms with E-state index < -0.39 is 5.60 Å². The van der Waals surface area contributed by atoms with Gasteiger partial charge in [0, 0.05) is 13.1 Å². The number of hydrogen-bond donors (Lipinski definition) is 0. The molecule has 1 amide bonds. The predicted octanol–water partition coefficient (Wildman–Crippen LogP) is 2.56. The zero-order chi connectivity index (χ0) is 11.5. The molecule has 1 fully saturated rings. The van der Waals surface area contributed by atoms with E-state index in [1.54, 1.807) is 4.90 Å². The van der Waals surface area contributed by atoms with Crippen LogP contribution in [0.5, 0.6) is 0 Å². The number of piperidine rings is 1. The zero-order valence-corrected chi connectivity index (χ0v) is 10.2. The van der Waals surface area contributed by atoms with Gasteiger partial charge < -0.3 is 9.64 Å². The van der Waals surface area contributed by atoms with E-state index in [9.17, 15) is 4.79 Å². The molecule has 0 unspecified atom stereocenters. The van der Waals surface area contributed by atoms with Crippen molar-refractivity contribution in [1.29, 1.82) is 0 Å². The number of hydrogen-bond acceptors (Lipinski definition) is 3. The molecule has 0 bridgehead atoms. The quantitative estimate of drug-likeness (QED) is 0.701. The molecule has 1 rings (SSSR count). The van der Waals surface area contributed by atoms with Crippen molar-refractivity contribution in [3.05, 3.63) is 0 Å². The fourth-order valence-electron chi connectivity index (χ4n) is 1.45. The summed E-state index contributed by atoms with van der Waals surface area (Å²) >= 11 is 5.28. The Morgan fingerprint density at radius 1 is 1.33 bits per heavy atom. The first-order valence-corrected chi connectivity index (χ1v) is 5.48. The largest absolute Gasteiger partial charge is 0.444 e. The van der Waals surface area contributed by atoms with Crippen LogP contribution in [0, 0.1) is 0 Å². The van der Waals surface area contributed by atoms with Crippen molar-refractivity contribution < 1.29 is 13.8 Å². The number of likely N-dealkylation sites (tertiary alicyclic amines) is 1. The molecular weight excluding hydrogens is 218 g/mol. The number of carbonyl (C=O) groups is 1. The van der Waals surface area contributed by atoms with E-state index in [0.717, 1.165) is 12.8 Å². The van der Waals surface area contributed by atoms with E-state index >= 15 is 0 Å². The second-order valence-corrected chi connectivity index (χ2v) is 4.93. The Labute approximate surface area is 95.6 Å². The number of ether oxygens (including phenoxy) is 1. The van der Waals surface area contributed by atoms with Gasteiger partial charge in [0.25, 0.3) is 0 Å². The van der Waals surface area contributed by atoms with E-state index in [0.29, 0.717) is 13.1 Å². The maximum absolute atomic E-state index is 11.6. The smallest absolute Gasteiger partial charge is 0.410 e. The Morgan fingerprint density at radius 3 is 2.27 bits per heavy atom. The standard InChI is InChI=1S/C10H18ClNO3/c1-10(2,3)14-9(13)12-6-4-8(15-11)5-7-12/h8H,4-7H2,1-3H3. The Morgan fingerprint density at radius 2 is 1.87 bits per heavy atom. The third-order valence-corrected chi connectivity index (χ3v) is 2.47. The zero-order valence-electron chi connectivity index (χ0n) is 9.46. The summed E-state index contributed by atoms with van der Waals surface area (Å²) in [6.07, 6.45) is 1.34. The van der Waals surface area contributed by atoms with E-state index in [1.807, 2.05) is 20.8 Å². The van der Waals surface area contributed by atoms with Crippen LogP contribution < -0.4 is 0 Å². The first-order chi connectivity index (χ1) is 6.92. The summed E-state index contributed by atoms with van der Waals surface area (Å²) in [6, 6.07) is 0. The fourth-order valence-corrected chi connectivity index (χ4v) is 1.63. The highest BCUT2D eigenvalue weighted by Gasteiger charge is 2.26. The number of nitrogens with zero attached hydrogens (tertiary/aromatic N) is 1. The highest BCUT2D eigenvalue weighted by Crippen LogP contribution is 2.17. The van der Waals surface area contributed by atoms with Crippen molar-refractivity contribution >= 4 is 18.0 Å². The first kappa shape index (κ1) is 12.6. The molecule has 0 N–H and O–H groups in total. The fraction of sp³-hybridized carbons (Fsp3) is 0.900. The summed E-state index contributed by atoms with van der Waals surface area (Å²) < 4.78 is 9.97. The first-order valence-electron chi connectivity index (χ1n) is 5.17. The lowest BCUT2D eigenvalue weighted by Crippen LogP contribution is -2.43. The number of halogens is 1. The number of carbonyl (C=O) groups excluding carboxylic acids is 1. The van der Waals surface area contributed by atoms with Crippen LogP contribution in [-0.4, -0.2) is 35.8 Å². The average Bonchev–Trinajstić information content (AvgIpc) is 2.15. The summed E-state index contributed by atoms with van der Waals surface area (Å²) in [7, 11) is 0. The van der Waals surface area contributed by atoms with Gasteiger partial charge in [-0.2, -0.15) is 0 Å². The molecule has 4 nitrogen and oxygen atoms in total. The Kier molecular flexibility index (Phi) is 4.22. The maximum Gasteiger partial charge on any atom is 0.410 e. The molecule has 1 heterocycles. The minimum Gasteiger partial charge on any atom is -0.444 e. The summed E-state index contributed by atoms with van der Waals surface area (Å²) in [5.41, 5.74) is -0.434. The molecule has 0 saturated carbocycles. The highest BCUT2D eigenvalue weighted by molar-refractivity contribution is 6.07. The third-order valence-electron chi connectivity index (χ3n) is 2.22. The third kappa shape index (κ3) is 4.26. The summed E-state index contributed by atoms with van der Waals surface area (Å²) in [6.45, 7) is 6.87. The molecule has 0 atom stereocenters. The van der Waals surface area contributed by atoms with E-state index in [2.05, 4.69) is 0 Å². The lowest BCUT2D eigenvalue weighted by molar-refractivity contribution is 0.0134. The van der Waals surface area contributed by atoms with Crippen molar-refractivity contribution in [2.24, 2.45) is 0 Å². The number of rotatable bonds is 1. The van der Waals surface area contributed by atoms with Crippen LogP contribution in [0.3, 0.4) is 0 Å². The molecule has 1 aliphatic heterocycles. The molecule has 88 valence electrons. The second-order valence-electron chi connectivity index (χ2n) is 4.76. The van der Waals surface area contributed by atoms with Crippen LogP contribution in [0.4, 0.5) is 4.79 Å². The van der Waals surface area contributed by atoms with Gasteiger partial charge in [-0.05, 0) is 33.6 Å². The van der Waals surface area contributed by atoms with E-state index in [4.69, 9.17) is 20.9 Å². The van der Waals surface area contributed by atoms with E-state index in [1.165, 1.54) is 0 Å². The summed E-state index contributed by atoms with van der Waals surface area (Å²) in [4.78, 5) is 13.3. The SMILES string of the molecule is CC(C)(C)OC(=O)N1CCC(OCl)CC1. The predicted molar refractivity (Wildman–Crippen MR) is 57.8 cm³/mol. The molecule has 1 saturated heterocycles. The summed E-state index contributed by atoms with van der Waals surface area (Å²) in [5.74, 6) is 0. The van der Waals surface area contributed by atoms with Gasteiger partial charge in [0.05, 0.1) is 18.0 Å². The monoisotopic (exact) mass is 235 g/mol. The molecule has 0 aromatic carbocycles. The molecule has 5 heteroatoms. The van der Waals surface area contributed by atoms with Crippen molar-refractivity contribution in [3.63, 3.8) is 0 Å². The Bertz CT molecular complexity index is 219. The van der Waals surface area contributed by atoms with Crippen LogP contribution in [0.1, 0.15) is 33.6 Å². The van der Waals surface area contributed by atoms with Crippen molar-refractivity contribution in [2.45, 2.75) is 45.3 Å². The van der Waals surface area contributed by atoms with Gasteiger partial charge in [-0.15, -0.1) is 0 Å². The van der Waals surface area contributed by atoms with Crippen LogP contribution >= 0.6 is 11.9 Å². The van der Waals surface area contributed by atoms with Crippen LogP contribution in [0.2, 0.25) is 0 Å². The molecule has 1 aliphatic rings. The molecule has 0 aromatic heterocycles. The average molecular weight is 236 g/mol. The highest BCUT2D eigenvalue weighted by atomic mass is 35.5. The van der Waals surface area contributed by atoms with Gasteiger partial charge in [-0.25, -0.2) is 4.79 Å². The molecular formula is C10H18ClNO3. The second kappa shape index (κ2) is 5.03. The van der Waals surface area contributed by atoms with Crippen molar-refractivity contribution in [2.75, 3.05) is 13.1 Å². The van der Waals surface area contributed by atoms with Gasteiger partial charge in [-0.1, -0.05) is 0 Å².